The maximum Gasteiger partial charge on any atom is 0.416 e. The Morgan fingerprint density at radius 1 is 1.00 bits per heavy atom. The van der Waals surface area contributed by atoms with Crippen LogP contribution in [0.4, 0.5) is 13.2 Å². The molecule has 0 saturated carbocycles. The normalized spacial score (nSPS) is 11.9. The van der Waals surface area contributed by atoms with E-state index in [2.05, 4.69) is 14.7 Å². The van der Waals surface area contributed by atoms with Gasteiger partial charge in [-0.25, -0.2) is 0 Å². The van der Waals surface area contributed by atoms with Crippen LogP contribution in [-0.2, 0) is 6.18 Å². The van der Waals surface area contributed by atoms with Gasteiger partial charge in [0.1, 0.15) is 0 Å². The van der Waals surface area contributed by atoms with Gasteiger partial charge in [0, 0.05) is 40.1 Å². The average Bonchev–Trinajstić information content (AvgIpc) is 3.07. The molecule has 2 aromatic carbocycles. The molecule has 0 aliphatic heterocycles. The quantitative estimate of drug-likeness (QED) is 0.439. The predicted molar refractivity (Wildman–Crippen MR) is 109 cm³/mol. The maximum absolute atomic E-state index is 12.9. The molecule has 4 nitrogen and oxygen atoms in total. The summed E-state index contributed by atoms with van der Waals surface area (Å²) in [5.41, 5.74) is 3.26. The number of nitrogens with one attached hydrogen (secondary N) is 1. The first-order valence-corrected chi connectivity index (χ1v) is 9.64. The first-order valence-electron chi connectivity index (χ1n) is 8.83. The second kappa shape index (κ2) is 7.53. The highest BCUT2D eigenvalue weighted by molar-refractivity contribution is 7.97. The summed E-state index contributed by atoms with van der Waals surface area (Å²) in [6.07, 6.45) is 0.808. The Bertz CT molecular complexity index is 1170. The molecule has 0 saturated heterocycles. The fourth-order valence-corrected chi connectivity index (χ4v) is 3.82. The van der Waals surface area contributed by atoms with Gasteiger partial charge in [0.05, 0.1) is 22.5 Å². The smallest absolute Gasteiger partial charge is 0.316 e. The minimum Gasteiger partial charge on any atom is -0.316 e. The van der Waals surface area contributed by atoms with Crippen molar-refractivity contribution < 1.29 is 13.2 Å². The van der Waals surface area contributed by atoms with Gasteiger partial charge in [-0.2, -0.15) is 13.2 Å². The number of fused-ring (bicyclic) bond motifs is 1. The Morgan fingerprint density at radius 3 is 2.38 bits per heavy atom. The number of alkyl halides is 3. The van der Waals surface area contributed by atoms with Crippen molar-refractivity contribution in [3.05, 3.63) is 72.3 Å². The second-order valence-electron chi connectivity index (χ2n) is 6.43. The third-order valence-corrected chi connectivity index (χ3v) is 5.30. The number of aryl methyl sites for hydroxylation is 1. The van der Waals surface area contributed by atoms with Crippen LogP contribution in [0.25, 0.3) is 27.8 Å². The van der Waals surface area contributed by atoms with Crippen molar-refractivity contribution in [3.63, 3.8) is 0 Å². The Balaban J connectivity index is 1.92. The number of aromatic nitrogens is 3. The summed E-state index contributed by atoms with van der Waals surface area (Å²) >= 11 is 1.49. The molecule has 148 valence electrons. The van der Waals surface area contributed by atoms with E-state index >= 15 is 0 Å². The van der Waals surface area contributed by atoms with E-state index in [9.17, 15) is 13.2 Å². The molecule has 8 heteroatoms. The van der Waals surface area contributed by atoms with E-state index in [-0.39, 0.29) is 0 Å². The summed E-state index contributed by atoms with van der Waals surface area (Å²) in [6.45, 7) is 1.88. The summed E-state index contributed by atoms with van der Waals surface area (Å²) in [4.78, 5) is 9.83. The molecule has 2 heterocycles. The summed E-state index contributed by atoms with van der Waals surface area (Å²) in [7, 11) is 1.84. The standard InChI is InChI=1S/C21H17F3N4S/c1-13-20(27-10-9-26-13)18-12-28(15-5-3-14(4-6-15)21(22,23)24)19-8-7-16(29-25-2)11-17(18)19/h3-12,25H,1-2H3. The number of benzene rings is 2. The van der Waals surface area contributed by atoms with Crippen LogP contribution in [0, 0.1) is 6.92 Å². The number of hydrogen-bond acceptors (Lipinski definition) is 4. The van der Waals surface area contributed by atoms with Crippen LogP contribution >= 0.6 is 11.9 Å². The Labute approximate surface area is 169 Å². The van der Waals surface area contributed by atoms with Crippen LogP contribution in [0.3, 0.4) is 0 Å². The third kappa shape index (κ3) is 3.73. The SMILES string of the molecule is CNSc1ccc2c(c1)c(-c1nccnc1C)cn2-c1ccc(C(F)(F)F)cc1. The molecule has 4 aromatic rings. The van der Waals surface area contributed by atoms with E-state index < -0.39 is 11.7 Å². The van der Waals surface area contributed by atoms with Crippen molar-refractivity contribution in [3.8, 4) is 16.9 Å². The zero-order valence-electron chi connectivity index (χ0n) is 15.7. The molecule has 0 unspecified atom stereocenters. The van der Waals surface area contributed by atoms with Gasteiger partial charge in [0.2, 0.25) is 0 Å². The minimum atomic E-state index is -4.36. The molecule has 0 fully saturated rings. The zero-order valence-corrected chi connectivity index (χ0v) is 16.5. The number of halogens is 3. The Hall–Kier alpha value is -2.84. The van der Waals surface area contributed by atoms with Gasteiger partial charge >= 0.3 is 6.18 Å². The Morgan fingerprint density at radius 2 is 1.72 bits per heavy atom. The van der Waals surface area contributed by atoms with E-state index in [4.69, 9.17) is 0 Å². The molecule has 0 spiro atoms. The highest BCUT2D eigenvalue weighted by atomic mass is 32.2. The molecule has 0 aliphatic rings. The van der Waals surface area contributed by atoms with Gasteiger partial charge in [0.25, 0.3) is 0 Å². The molecule has 2 aromatic heterocycles. The number of nitrogens with zero attached hydrogens (tertiary/aromatic N) is 3. The fourth-order valence-electron chi connectivity index (χ4n) is 3.28. The van der Waals surface area contributed by atoms with Crippen molar-refractivity contribution in [1.29, 1.82) is 0 Å². The predicted octanol–water partition coefficient (Wildman–Crippen LogP) is 5.64. The topological polar surface area (TPSA) is 42.7 Å². The highest BCUT2D eigenvalue weighted by Gasteiger charge is 2.30. The fraction of sp³-hybridized carbons (Fsp3) is 0.143. The van der Waals surface area contributed by atoms with Gasteiger partial charge in [-0.15, -0.1) is 0 Å². The monoisotopic (exact) mass is 414 g/mol. The molecule has 1 N–H and O–H groups in total. The molecule has 0 bridgehead atoms. The van der Waals surface area contributed by atoms with Gasteiger partial charge in [-0.1, -0.05) is 0 Å². The van der Waals surface area contributed by atoms with E-state index in [1.807, 2.05) is 42.9 Å². The second-order valence-corrected chi connectivity index (χ2v) is 7.52. The zero-order chi connectivity index (χ0) is 20.6. The molecule has 4 rings (SSSR count). The molecular weight excluding hydrogens is 397 g/mol. The van der Waals surface area contributed by atoms with Gasteiger partial charge in [-0.05, 0) is 68.4 Å². The lowest BCUT2D eigenvalue weighted by molar-refractivity contribution is -0.137. The summed E-state index contributed by atoms with van der Waals surface area (Å²) in [5.74, 6) is 0. The lowest BCUT2D eigenvalue weighted by Crippen LogP contribution is -2.04. The van der Waals surface area contributed by atoms with Crippen molar-refractivity contribution >= 4 is 22.9 Å². The van der Waals surface area contributed by atoms with Gasteiger partial charge in [-0.3, -0.25) is 14.7 Å². The van der Waals surface area contributed by atoms with E-state index in [1.165, 1.54) is 24.1 Å². The first kappa shape index (κ1) is 19.5. The van der Waals surface area contributed by atoms with Crippen molar-refractivity contribution in [2.75, 3.05) is 7.05 Å². The van der Waals surface area contributed by atoms with Crippen LogP contribution in [0.2, 0.25) is 0 Å². The Kier molecular flexibility index (Phi) is 5.06. The number of hydrogen-bond donors (Lipinski definition) is 1. The number of rotatable bonds is 4. The molecule has 0 atom stereocenters. The van der Waals surface area contributed by atoms with Crippen LogP contribution in [0.1, 0.15) is 11.3 Å². The molecule has 0 aliphatic carbocycles. The summed E-state index contributed by atoms with van der Waals surface area (Å²) < 4.78 is 43.7. The van der Waals surface area contributed by atoms with E-state index in [0.717, 1.165) is 44.9 Å². The van der Waals surface area contributed by atoms with Gasteiger partial charge < -0.3 is 4.57 Å². The van der Waals surface area contributed by atoms with Gasteiger partial charge in [0.15, 0.2) is 0 Å². The van der Waals surface area contributed by atoms with Crippen LogP contribution in [-0.4, -0.2) is 21.6 Å². The van der Waals surface area contributed by atoms with Crippen molar-refractivity contribution in [1.82, 2.24) is 19.3 Å². The lowest BCUT2D eigenvalue weighted by Gasteiger charge is -2.09. The summed E-state index contributed by atoms with van der Waals surface area (Å²) in [5, 5.41) is 0.953. The van der Waals surface area contributed by atoms with E-state index in [1.54, 1.807) is 12.4 Å². The highest BCUT2D eigenvalue weighted by Crippen LogP contribution is 2.36. The largest absolute Gasteiger partial charge is 0.416 e. The lowest BCUT2D eigenvalue weighted by atomic mass is 10.1. The summed E-state index contributed by atoms with van der Waals surface area (Å²) in [6, 6.07) is 11.1. The average molecular weight is 414 g/mol. The van der Waals surface area contributed by atoms with Crippen LogP contribution in [0.5, 0.6) is 0 Å². The third-order valence-electron chi connectivity index (χ3n) is 4.60. The molecular formula is C21H17F3N4S. The van der Waals surface area contributed by atoms with Crippen LogP contribution in [0.15, 0.2) is 66.0 Å². The molecule has 0 amide bonds. The minimum absolute atomic E-state index is 0.643. The molecule has 0 radical (unpaired) electrons. The van der Waals surface area contributed by atoms with E-state index in [0.29, 0.717) is 5.69 Å². The first-order chi connectivity index (χ1) is 13.9. The molecule has 29 heavy (non-hydrogen) atoms. The maximum atomic E-state index is 12.9. The van der Waals surface area contributed by atoms with Crippen LogP contribution < -0.4 is 4.72 Å². The van der Waals surface area contributed by atoms with Crippen molar-refractivity contribution in [2.24, 2.45) is 0 Å². The van der Waals surface area contributed by atoms with Crippen molar-refractivity contribution in [2.45, 2.75) is 18.0 Å².